The molecule has 0 aromatic carbocycles. The lowest BCUT2D eigenvalue weighted by Gasteiger charge is -1.95. The van der Waals surface area contributed by atoms with Crippen LogP contribution in [0.25, 0.3) is 0 Å². The minimum Gasteiger partial charge on any atom is -0.247 e. The van der Waals surface area contributed by atoms with Crippen LogP contribution in [0.3, 0.4) is 0 Å². The number of aromatic nitrogens is 3. The SMILES string of the molecule is ClCCCc1cn(Cc2ccc(Cl)s2)nn1. The highest BCUT2D eigenvalue weighted by molar-refractivity contribution is 7.16. The van der Waals surface area contributed by atoms with Crippen LogP contribution in [-0.2, 0) is 13.0 Å². The van der Waals surface area contributed by atoms with Gasteiger partial charge in [0.1, 0.15) is 0 Å². The van der Waals surface area contributed by atoms with E-state index in [0.29, 0.717) is 5.88 Å². The molecule has 0 saturated heterocycles. The predicted octanol–water partition coefficient (Wildman–Crippen LogP) is 3.21. The Morgan fingerprint density at radius 2 is 2.25 bits per heavy atom. The van der Waals surface area contributed by atoms with Crippen molar-refractivity contribution in [1.29, 1.82) is 0 Å². The molecule has 0 atom stereocenters. The number of hydrogen-bond donors (Lipinski definition) is 0. The summed E-state index contributed by atoms with van der Waals surface area (Å²) in [5, 5.41) is 8.14. The van der Waals surface area contributed by atoms with Crippen molar-refractivity contribution >= 4 is 34.5 Å². The first-order valence-corrected chi connectivity index (χ1v) is 6.70. The molecule has 16 heavy (non-hydrogen) atoms. The molecule has 0 fully saturated rings. The van der Waals surface area contributed by atoms with Crippen LogP contribution < -0.4 is 0 Å². The zero-order valence-corrected chi connectivity index (χ0v) is 10.9. The third kappa shape index (κ3) is 3.20. The standard InChI is InChI=1S/C10H11Cl2N3S/c11-5-1-2-8-6-15(14-13-8)7-9-3-4-10(12)16-9/h3-4,6H,1-2,5,7H2. The zero-order valence-electron chi connectivity index (χ0n) is 8.57. The van der Waals surface area contributed by atoms with E-state index in [1.165, 1.54) is 4.88 Å². The Labute approximate surface area is 108 Å². The molecule has 86 valence electrons. The molecule has 0 aliphatic carbocycles. The molecule has 0 aliphatic rings. The lowest BCUT2D eigenvalue weighted by molar-refractivity contribution is 0.655. The summed E-state index contributed by atoms with van der Waals surface area (Å²) >= 11 is 13.0. The van der Waals surface area contributed by atoms with E-state index >= 15 is 0 Å². The van der Waals surface area contributed by atoms with Crippen LogP contribution in [0.2, 0.25) is 4.34 Å². The average Bonchev–Trinajstić information content (AvgIpc) is 2.86. The molecular formula is C10H11Cl2N3S. The third-order valence-corrected chi connectivity index (χ3v) is 3.58. The van der Waals surface area contributed by atoms with Gasteiger partial charge < -0.3 is 0 Å². The number of rotatable bonds is 5. The van der Waals surface area contributed by atoms with Gasteiger partial charge in [0, 0.05) is 17.0 Å². The van der Waals surface area contributed by atoms with Gasteiger partial charge in [-0.1, -0.05) is 16.8 Å². The van der Waals surface area contributed by atoms with E-state index in [1.54, 1.807) is 11.3 Å². The summed E-state index contributed by atoms with van der Waals surface area (Å²) in [6.45, 7) is 0.727. The summed E-state index contributed by atoms with van der Waals surface area (Å²) in [6, 6.07) is 3.90. The largest absolute Gasteiger partial charge is 0.247 e. The van der Waals surface area contributed by atoms with Gasteiger partial charge in [-0.2, -0.15) is 0 Å². The molecule has 0 N–H and O–H groups in total. The second-order valence-electron chi connectivity index (χ2n) is 3.41. The van der Waals surface area contributed by atoms with Gasteiger partial charge in [-0.05, 0) is 25.0 Å². The summed E-state index contributed by atoms with van der Waals surface area (Å²) in [5.41, 5.74) is 0.989. The highest BCUT2D eigenvalue weighted by Crippen LogP contribution is 2.21. The van der Waals surface area contributed by atoms with Crippen LogP contribution in [0.4, 0.5) is 0 Å². The first-order valence-electron chi connectivity index (χ1n) is 4.97. The molecule has 0 radical (unpaired) electrons. The van der Waals surface area contributed by atoms with Crippen molar-refractivity contribution in [1.82, 2.24) is 15.0 Å². The average molecular weight is 276 g/mol. The molecule has 2 aromatic rings. The van der Waals surface area contributed by atoms with Crippen molar-refractivity contribution in [3.63, 3.8) is 0 Å². The van der Waals surface area contributed by atoms with E-state index in [4.69, 9.17) is 23.2 Å². The fraction of sp³-hybridized carbons (Fsp3) is 0.400. The number of thiophene rings is 1. The summed E-state index contributed by atoms with van der Waals surface area (Å²) in [4.78, 5) is 1.18. The Balaban J connectivity index is 1.97. The third-order valence-electron chi connectivity index (χ3n) is 2.10. The monoisotopic (exact) mass is 275 g/mol. The summed E-state index contributed by atoms with van der Waals surface area (Å²) < 4.78 is 2.63. The van der Waals surface area contributed by atoms with E-state index in [1.807, 2.05) is 23.0 Å². The van der Waals surface area contributed by atoms with Crippen molar-refractivity contribution < 1.29 is 0 Å². The molecule has 0 bridgehead atoms. The van der Waals surface area contributed by atoms with Gasteiger partial charge in [-0.3, -0.25) is 0 Å². The number of halogens is 2. The second-order valence-corrected chi connectivity index (χ2v) is 5.58. The molecule has 2 heterocycles. The van der Waals surface area contributed by atoms with Gasteiger partial charge in [0.15, 0.2) is 0 Å². The highest BCUT2D eigenvalue weighted by Gasteiger charge is 2.03. The van der Waals surface area contributed by atoms with E-state index in [0.717, 1.165) is 29.4 Å². The maximum absolute atomic E-state index is 5.86. The van der Waals surface area contributed by atoms with E-state index in [9.17, 15) is 0 Å². The lowest BCUT2D eigenvalue weighted by atomic mass is 10.3. The maximum Gasteiger partial charge on any atom is 0.0931 e. The van der Waals surface area contributed by atoms with Crippen LogP contribution in [0.15, 0.2) is 18.3 Å². The number of hydrogen-bond acceptors (Lipinski definition) is 3. The van der Waals surface area contributed by atoms with Crippen LogP contribution in [0.1, 0.15) is 17.0 Å². The van der Waals surface area contributed by atoms with Crippen molar-refractivity contribution in [3.05, 3.63) is 33.2 Å². The minimum atomic E-state index is 0.660. The van der Waals surface area contributed by atoms with Crippen molar-refractivity contribution in [2.24, 2.45) is 0 Å². The number of alkyl halides is 1. The molecule has 6 heteroatoms. The lowest BCUT2D eigenvalue weighted by Crippen LogP contribution is -1.98. The Morgan fingerprint density at radius 1 is 1.38 bits per heavy atom. The quantitative estimate of drug-likeness (QED) is 0.785. The van der Waals surface area contributed by atoms with Crippen molar-refractivity contribution in [3.8, 4) is 0 Å². The van der Waals surface area contributed by atoms with Gasteiger partial charge in [0.25, 0.3) is 0 Å². The first-order chi connectivity index (χ1) is 7.78. The molecule has 2 aromatic heterocycles. The van der Waals surface area contributed by atoms with E-state index in [-0.39, 0.29) is 0 Å². The minimum absolute atomic E-state index is 0.660. The molecule has 0 saturated carbocycles. The Bertz CT molecular complexity index is 452. The maximum atomic E-state index is 5.86. The molecule has 0 spiro atoms. The predicted molar refractivity (Wildman–Crippen MR) is 67.5 cm³/mol. The summed E-state index contributed by atoms with van der Waals surface area (Å²) in [5.74, 6) is 0.660. The highest BCUT2D eigenvalue weighted by atomic mass is 35.5. The molecule has 2 rings (SSSR count). The molecule has 0 amide bonds. The van der Waals surface area contributed by atoms with Gasteiger partial charge in [-0.25, -0.2) is 4.68 Å². The van der Waals surface area contributed by atoms with E-state index < -0.39 is 0 Å². The molecule has 0 aliphatic heterocycles. The van der Waals surface area contributed by atoms with Gasteiger partial charge in [0.2, 0.25) is 0 Å². The summed E-state index contributed by atoms with van der Waals surface area (Å²) in [6.07, 6.45) is 3.78. The number of nitrogens with zero attached hydrogens (tertiary/aromatic N) is 3. The van der Waals surface area contributed by atoms with Gasteiger partial charge >= 0.3 is 0 Å². The fourth-order valence-corrected chi connectivity index (χ4v) is 2.59. The van der Waals surface area contributed by atoms with Gasteiger partial charge in [-0.15, -0.1) is 28.0 Å². The fourth-order valence-electron chi connectivity index (χ4n) is 1.37. The van der Waals surface area contributed by atoms with Gasteiger partial charge in [0.05, 0.1) is 16.6 Å². The Kier molecular flexibility index (Phi) is 4.21. The summed E-state index contributed by atoms with van der Waals surface area (Å²) in [7, 11) is 0. The van der Waals surface area contributed by atoms with Crippen molar-refractivity contribution in [2.75, 3.05) is 5.88 Å². The normalized spacial score (nSPS) is 10.9. The van der Waals surface area contributed by atoms with Crippen LogP contribution >= 0.6 is 34.5 Å². The first kappa shape index (κ1) is 11.9. The van der Waals surface area contributed by atoms with E-state index in [2.05, 4.69) is 10.3 Å². The smallest absolute Gasteiger partial charge is 0.0931 e. The second kappa shape index (κ2) is 5.66. The molecule has 3 nitrogen and oxygen atoms in total. The van der Waals surface area contributed by atoms with Crippen molar-refractivity contribution in [2.45, 2.75) is 19.4 Å². The Hall–Kier alpha value is -0.580. The topological polar surface area (TPSA) is 30.7 Å². The van der Waals surface area contributed by atoms with Crippen LogP contribution in [0, 0.1) is 0 Å². The Morgan fingerprint density at radius 3 is 2.94 bits per heavy atom. The molecular weight excluding hydrogens is 265 g/mol. The zero-order chi connectivity index (χ0) is 11.4. The molecule has 0 unspecified atom stereocenters. The number of aryl methyl sites for hydroxylation is 1. The van der Waals surface area contributed by atoms with Crippen LogP contribution in [0.5, 0.6) is 0 Å². The van der Waals surface area contributed by atoms with Crippen LogP contribution in [-0.4, -0.2) is 20.9 Å².